The number of anilines is 2. The number of carbonyl (C=O) groups excluding carboxylic acids is 2. The molecule has 0 spiro atoms. The zero-order chi connectivity index (χ0) is 16.8. The minimum atomic E-state index is -0.104. The largest absolute Gasteiger partial charge is 0.326 e. The van der Waals surface area contributed by atoms with Crippen LogP contribution in [0, 0.1) is 13.8 Å². The van der Waals surface area contributed by atoms with Crippen molar-refractivity contribution in [3.8, 4) is 0 Å². The number of carbonyl (C=O) groups is 2. The highest BCUT2D eigenvalue weighted by Gasteiger charge is 2.15. The maximum atomic E-state index is 12.1. The number of nitrogens with one attached hydrogen (secondary N) is 1. The highest BCUT2D eigenvalue weighted by atomic mass is 16.2. The van der Waals surface area contributed by atoms with Crippen LogP contribution in [-0.4, -0.2) is 18.4 Å². The van der Waals surface area contributed by atoms with E-state index in [9.17, 15) is 9.59 Å². The smallest absolute Gasteiger partial charge is 0.226 e. The monoisotopic (exact) mass is 310 g/mol. The lowest BCUT2D eigenvalue weighted by atomic mass is 10.1. The van der Waals surface area contributed by atoms with Gasteiger partial charge in [0, 0.05) is 31.3 Å². The van der Waals surface area contributed by atoms with E-state index in [1.165, 1.54) is 6.92 Å². The third-order valence-corrected chi connectivity index (χ3v) is 3.66. The molecule has 0 radical (unpaired) electrons. The molecule has 0 aliphatic heterocycles. The van der Waals surface area contributed by atoms with Gasteiger partial charge in [-0.1, -0.05) is 30.3 Å². The minimum Gasteiger partial charge on any atom is -0.326 e. The number of benzene rings is 2. The number of hydrogen-bond acceptors (Lipinski definition) is 2. The van der Waals surface area contributed by atoms with Gasteiger partial charge in [-0.25, -0.2) is 0 Å². The molecule has 2 rings (SSSR count). The standard InChI is InChI=1S/C19H22N2O2/c1-14-9-10-15(2)18(13-14)21(16(3)22)12-11-19(23)20-17-7-5-4-6-8-17/h4-10,13H,11-12H2,1-3H3,(H,20,23). The van der Waals surface area contributed by atoms with Crippen molar-refractivity contribution >= 4 is 23.2 Å². The van der Waals surface area contributed by atoms with E-state index in [0.717, 1.165) is 22.5 Å². The lowest BCUT2D eigenvalue weighted by Crippen LogP contribution is -2.32. The van der Waals surface area contributed by atoms with Crippen LogP contribution in [0.2, 0.25) is 0 Å². The lowest BCUT2D eigenvalue weighted by Gasteiger charge is -2.23. The molecule has 1 N–H and O–H groups in total. The molecule has 0 aliphatic rings. The molecule has 2 aromatic rings. The van der Waals surface area contributed by atoms with Gasteiger partial charge >= 0.3 is 0 Å². The van der Waals surface area contributed by atoms with E-state index in [0.29, 0.717) is 6.54 Å². The topological polar surface area (TPSA) is 49.4 Å². The van der Waals surface area contributed by atoms with Crippen molar-refractivity contribution in [1.29, 1.82) is 0 Å². The van der Waals surface area contributed by atoms with Crippen LogP contribution in [-0.2, 0) is 9.59 Å². The molecule has 0 aliphatic carbocycles. The number of aryl methyl sites for hydroxylation is 2. The summed E-state index contributed by atoms with van der Waals surface area (Å²) in [6, 6.07) is 15.3. The Morgan fingerprint density at radius 3 is 2.39 bits per heavy atom. The van der Waals surface area contributed by atoms with Crippen molar-refractivity contribution in [2.75, 3.05) is 16.8 Å². The molecule has 0 fully saturated rings. The van der Waals surface area contributed by atoms with Gasteiger partial charge in [0.2, 0.25) is 11.8 Å². The summed E-state index contributed by atoms with van der Waals surface area (Å²) in [5, 5.41) is 2.84. The molecule has 0 atom stereocenters. The Hall–Kier alpha value is -2.62. The van der Waals surface area contributed by atoms with Crippen LogP contribution >= 0.6 is 0 Å². The zero-order valence-electron chi connectivity index (χ0n) is 13.8. The Balaban J connectivity index is 2.04. The Morgan fingerprint density at radius 1 is 1.04 bits per heavy atom. The van der Waals surface area contributed by atoms with Gasteiger partial charge < -0.3 is 10.2 Å². The van der Waals surface area contributed by atoms with Gasteiger partial charge in [-0.15, -0.1) is 0 Å². The highest BCUT2D eigenvalue weighted by Crippen LogP contribution is 2.22. The predicted molar refractivity (Wildman–Crippen MR) is 93.6 cm³/mol. The predicted octanol–water partition coefficient (Wildman–Crippen LogP) is 3.69. The molecular weight excluding hydrogens is 288 g/mol. The van der Waals surface area contributed by atoms with Gasteiger partial charge in [-0.2, -0.15) is 0 Å². The molecule has 0 aromatic heterocycles. The van der Waals surface area contributed by atoms with E-state index < -0.39 is 0 Å². The van der Waals surface area contributed by atoms with Gasteiger partial charge in [-0.05, 0) is 43.2 Å². The molecule has 2 aromatic carbocycles. The van der Waals surface area contributed by atoms with Crippen LogP contribution < -0.4 is 10.2 Å². The number of hydrogen-bond donors (Lipinski definition) is 1. The maximum absolute atomic E-state index is 12.1. The van der Waals surface area contributed by atoms with Crippen LogP contribution in [0.5, 0.6) is 0 Å². The van der Waals surface area contributed by atoms with Gasteiger partial charge in [0.15, 0.2) is 0 Å². The minimum absolute atomic E-state index is 0.0637. The van der Waals surface area contributed by atoms with E-state index in [-0.39, 0.29) is 18.2 Å². The van der Waals surface area contributed by atoms with Gasteiger partial charge in [-0.3, -0.25) is 9.59 Å². The maximum Gasteiger partial charge on any atom is 0.226 e. The summed E-state index contributed by atoms with van der Waals surface area (Å²) in [6.07, 6.45) is 0.252. The third-order valence-electron chi connectivity index (χ3n) is 3.66. The average Bonchev–Trinajstić information content (AvgIpc) is 2.51. The summed E-state index contributed by atoms with van der Waals surface area (Å²) >= 11 is 0. The van der Waals surface area contributed by atoms with Crippen molar-refractivity contribution in [3.63, 3.8) is 0 Å². The first-order valence-electron chi connectivity index (χ1n) is 7.67. The average molecular weight is 310 g/mol. The van der Waals surface area contributed by atoms with Crippen LogP contribution in [0.3, 0.4) is 0 Å². The molecule has 0 bridgehead atoms. The Bertz CT molecular complexity index is 696. The highest BCUT2D eigenvalue weighted by molar-refractivity contribution is 5.95. The number of amides is 2. The molecule has 4 heteroatoms. The summed E-state index contributed by atoms with van der Waals surface area (Å²) in [5.74, 6) is -0.168. The Kier molecular flexibility index (Phi) is 5.52. The van der Waals surface area contributed by atoms with Crippen molar-refractivity contribution in [3.05, 3.63) is 59.7 Å². The molecule has 0 unspecified atom stereocenters. The molecule has 0 heterocycles. The number of rotatable bonds is 5. The van der Waals surface area contributed by atoms with Crippen LogP contribution in [0.15, 0.2) is 48.5 Å². The normalized spacial score (nSPS) is 10.2. The summed E-state index contributed by atoms with van der Waals surface area (Å²) in [4.78, 5) is 25.7. The molecule has 2 amide bonds. The van der Waals surface area contributed by atoms with Crippen LogP contribution in [0.1, 0.15) is 24.5 Å². The molecule has 120 valence electrons. The van der Waals surface area contributed by atoms with Crippen molar-refractivity contribution in [2.24, 2.45) is 0 Å². The van der Waals surface area contributed by atoms with Crippen molar-refractivity contribution < 1.29 is 9.59 Å². The summed E-state index contributed by atoms with van der Waals surface area (Å²) in [7, 11) is 0. The first kappa shape index (κ1) is 16.7. The second-order valence-corrected chi connectivity index (χ2v) is 5.62. The molecule has 23 heavy (non-hydrogen) atoms. The fourth-order valence-corrected chi connectivity index (χ4v) is 2.42. The quantitative estimate of drug-likeness (QED) is 0.915. The van der Waals surface area contributed by atoms with Crippen LogP contribution in [0.4, 0.5) is 11.4 Å². The van der Waals surface area contributed by atoms with E-state index >= 15 is 0 Å². The van der Waals surface area contributed by atoms with Crippen LogP contribution in [0.25, 0.3) is 0 Å². The van der Waals surface area contributed by atoms with E-state index in [2.05, 4.69) is 5.32 Å². The second-order valence-electron chi connectivity index (χ2n) is 5.62. The van der Waals surface area contributed by atoms with E-state index in [1.54, 1.807) is 4.90 Å². The fraction of sp³-hybridized carbons (Fsp3) is 0.263. The molecular formula is C19H22N2O2. The Labute approximate surface area is 137 Å². The summed E-state index contributed by atoms with van der Waals surface area (Å²) in [5.41, 5.74) is 3.74. The first-order valence-corrected chi connectivity index (χ1v) is 7.67. The molecule has 4 nitrogen and oxygen atoms in total. The SMILES string of the molecule is CC(=O)N(CCC(=O)Nc1ccccc1)c1cc(C)ccc1C. The van der Waals surface area contributed by atoms with Gasteiger partial charge in [0.25, 0.3) is 0 Å². The number of para-hydroxylation sites is 1. The second kappa shape index (κ2) is 7.58. The van der Waals surface area contributed by atoms with Gasteiger partial charge in [0.05, 0.1) is 0 Å². The van der Waals surface area contributed by atoms with E-state index in [4.69, 9.17) is 0 Å². The number of nitrogens with zero attached hydrogens (tertiary/aromatic N) is 1. The van der Waals surface area contributed by atoms with E-state index in [1.807, 2.05) is 62.4 Å². The lowest BCUT2D eigenvalue weighted by molar-refractivity contribution is -0.117. The molecule has 0 saturated heterocycles. The fourth-order valence-electron chi connectivity index (χ4n) is 2.42. The summed E-state index contributed by atoms with van der Waals surface area (Å²) < 4.78 is 0. The third kappa shape index (κ3) is 4.68. The Morgan fingerprint density at radius 2 is 1.74 bits per heavy atom. The summed E-state index contributed by atoms with van der Waals surface area (Å²) in [6.45, 7) is 5.84. The zero-order valence-corrected chi connectivity index (χ0v) is 13.8. The van der Waals surface area contributed by atoms with Crippen molar-refractivity contribution in [2.45, 2.75) is 27.2 Å². The van der Waals surface area contributed by atoms with Gasteiger partial charge in [0.1, 0.15) is 0 Å². The van der Waals surface area contributed by atoms with Crippen molar-refractivity contribution in [1.82, 2.24) is 0 Å². The first-order chi connectivity index (χ1) is 11.0. The molecule has 0 saturated carbocycles.